The Morgan fingerprint density at radius 1 is 1.29 bits per heavy atom. The average Bonchev–Trinajstić information content (AvgIpc) is 2.38. The smallest absolute Gasteiger partial charge is 0.171 e. The predicted molar refractivity (Wildman–Crippen MR) is 65.5 cm³/mol. The molecule has 1 heterocycles. The first-order valence-electron chi connectivity index (χ1n) is 4.99. The SMILES string of the molecule is N#Cc1cccc(CNc2nccnc2Cl)c1. The predicted octanol–water partition coefficient (Wildman–Crippen LogP) is 2.61. The molecule has 2 rings (SSSR count). The highest BCUT2D eigenvalue weighted by Crippen LogP contribution is 2.15. The summed E-state index contributed by atoms with van der Waals surface area (Å²) >= 11 is 5.86. The van der Waals surface area contributed by atoms with Gasteiger partial charge in [-0.3, -0.25) is 0 Å². The molecule has 5 heteroatoms. The Morgan fingerprint density at radius 2 is 2.12 bits per heavy atom. The van der Waals surface area contributed by atoms with Crippen LogP contribution in [0.25, 0.3) is 0 Å². The molecule has 0 atom stereocenters. The molecule has 1 aromatic carbocycles. The number of hydrogen-bond donors (Lipinski definition) is 1. The summed E-state index contributed by atoms with van der Waals surface area (Å²) in [4.78, 5) is 7.98. The van der Waals surface area contributed by atoms with Gasteiger partial charge in [0.25, 0.3) is 0 Å². The third kappa shape index (κ3) is 2.92. The molecule has 0 fully saturated rings. The fourth-order valence-corrected chi connectivity index (χ4v) is 1.55. The molecule has 0 spiro atoms. The standard InChI is InChI=1S/C12H9ClN4/c13-11-12(16-5-4-15-11)17-8-10-3-1-2-9(6-10)7-14/h1-6H,8H2,(H,16,17). The summed E-state index contributed by atoms with van der Waals surface area (Å²) in [6.07, 6.45) is 3.10. The lowest BCUT2D eigenvalue weighted by Gasteiger charge is -2.06. The lowest BCUT2D eigenvalue weighted by molar-refractivity contribution is 1.09. The number of rotatable bonds is 3. The summed E-state index contributed by atoms with van der Waals surface area (Å²) in [5.74, 6) is 0.538. The molecule has 0 radical (unpaired) electrons. The van der Waals surface area contributed by atoms with Gasteiger partial charge in [0.2, 0.25) is 0 Å². The summed E-state index contributed by atoms with van der Waals surface area (Å²) in [5.41, 5.74) is 1.63. The largest absolute Gasteiger partial charge is 0.363 e. The fourth-order valence-electron chi connectivity index (χ4n) is 1.38. The van der Waals surface area contributed by atoms with Crippen molar-refractivity contribution in [3.05, 3.63) is 52.9 Å². The summed E-state index contributed by atoms with van der Waals surface area (Å²) in [6.45, 7) is 0.550. The molecule has 0 amide bonds. The van der Waals surface area contributed by atoms with E-state index in [2.05, 4.69) is 21.4 Å². The van der Waals surface area contributed by atoms with E-state index in [1.54, 1.807) is 12.3 Å². The van der Waals surface area contributed by atoms with Crippen LogP contribution in [-0.2, 0) is 6.54 Å². The Labute approximate surface area is 104 Å². The zero-order chi connectivity index (χ0) is 12.1. The van der Waals surface area contributed by atoms with Crippen molar-refractivity contribution in [3.63, 3.8) is 0 Å². The van der Waals surface area contributed by atoms with Crippen molar-refractivity contribution in [1.82, 2.24) is 9.97 Å². The van der Waals surface area contributed by atoms with Crippen molar-refractivity contribution in [2.45, 2.75) is 6.54 Å². The molecule has 0 saturated carbocycles. The van der Waals surface area contributed by atoms with Crippen LogP contribution in [0.3, 0.4) is 0 Å². The first-order chi connectivity index (χ1) is 8.29. The Morgan fingerprint density at radius 3 is 2.88 bits per heavy atom. The van der Waals surface area contributed by atoms with E-state index in [1.165, 1.54) is 6.20 Å². The molecular weight excluding hydrogens is 236 g/mol. The third-order valence-electron chi connectivity index (χ3n) is 2.17. The van der Waals surface area contributed by atoms with Gasteiger partial charge in [-0.1, -0.05) is 23.7 Å². The highest BCUT2D eigenvalue weighted by molar-refractivity contribution is 6.31. The Balaban J connectivity index is 2.08. The van der Waals surface area contributed by atoms with Gasteiger partial charge in [-0.25, -0.2) is 9.97 Å². The van der Waals surface area contributed by atoms with E-state index in [0.29, 0.717) is 23.1 Å². The minimum Gasteiger partial charge on any atom is -0.363 e. The number of nitrogens with zero attached hydrogens (tertiary/aromatic N) is 3. The van der Waals surface area contributed by atoms with Crippen LogP contribution in [0.4, 0.5) is 5.82 Å². The van der Waals surface area contributed by atoms with E-state index < -0.39 is 0 Å². The third-order valence-corrected chi connectivity index (χ3v) is 2.45. The number of anilines is 1. The van der Waals surface area contributed by atoms with Gasteiger partial charge in [0.05, 0.1) is 11.6 Å². The van der Waals surface area contributed by atoms with E-state index in [9.17, 15) is 0 Å². The van der Waals surface area contributed by atoms with Crippen LogP contribution in [0.2, 0.25) is 5.15 Å². The first-order valence-corrected chi connectivity index (χ1v) is 5.37. The van der Waals surface area contributed by atoms with Crippen molar-refractivity contribution in [1.29, 1.82) is 5.26 Å². The monoisotopic (exact) mass is 244 g/mol. The second-order valence-electron chi connectivity index (χ2n) is 3.36. The van der Waals surface area contributed by atoms with Crippen LogP contribution in [0.5, 0.6) is 0 Å². The van der Waals surface area contributed by atoms with E-state index in [1.807, 2.05) is 18.2 Å². The fraction of sp³-hybridized carbons (Fsp3) is 0.0833. The van der Waals surface area contributed by atoms with Crippen LogP contribution >= 0.6 is 11.6 Å². The zero-order valence-electron chi connectivity index (χ0n) is 8.89. The number of halogens is 1. The number of nitrogens with one attached hydrogen (secondary N) is 1. The van der Waals surface area contributed by atoms with Gasteiger partial charge in [-0.05, 0) is 17.7 Å². The average molecular weight is 245 g/mol. The summed E-state index contributed by atoms with van der Waals surface area (Å²) in [6, 6.07) is 9.44. The molecule has 0 saturated heterocycles. The molecule has 0 aliphatic heterocycles. The second-order valence-corrected chi connectivity index (χ2v) is 3.72. The van der Waals surface area contributed by atoms with Crippen LogP contribution in [-0.4, -0.2) is 9.97 Å². The topological polar surface area (TPSA) is 61.6 Å². The number of hydrogen-bond acceptors (Lipinski definition) is 4. The van der Waals surface area contributed by atoms with Gasteiger partial charge < -0.3 is 5.32 Å². The minimum atomic E-state index is 0.337. The maximum Gasteiger partial charge on any atom is 0.171 e. The quantitative estimate of drug-likeness (QED) is 0.902. The van der Waals surface area contributed by atoms with Gasteiger partial charge in [-0.2, -0.15) is 5.26 Å². The summed E-state index contributed by atoms with van der Waals surface area (Å²) in [5, 5.41) is 12.2. The molecule has 0 unspecified atom stereocenters. The highest BCUT2D eigenvalue weighted by Gasteiger charge is 2.01. The molecule has 0 aliphatic carbocycles. The number of aromatic nitrogens is 2. The van der Waals surface area contributed by atoms with Crippen LogP contribution in [0.15, 0.2) is 36.7 Å². The normalized spacial score (nSPS) is 9.65. The molecule has 17 heavy (non-hydrogen) atoms. The molecule has 1 N–H and O–H groups in total. The van der Waals surface area contributed by atoms with Gasteiger partial charge in [-0.15, -0.1) is 0 Å². The molecule has 4 nitrogen and oxygen atoms in total. The maximum absolute atomic E-state index is 8.78. The van der Waals surface area contributed by atoms with E-state index in [0.717, 1.165) is 5.56 Å². The summed E-state index contributed by atoms with van der Waals surface area (Å²) < 4.78 is 0. The molecule has 2 aromatic rings. The molecular formula is C12H9ClN4. The molecule has 0 aliphatic rings. The lowest BCUT2D eigenvalue weighted by atomic mass is 10.1. The van der Waals surface area contributed by atoms with E-state index >= 15 is 0 Å². The van der Waals surface area contributed by atoms with Gasteiger partial charge >= 0.3 is 0 Å². The summed E-state index contributed by atoms with van der Waals surface area (Å²) in [7, 11) is 0. The van der Waals surface area contributed by atoms with Crippen molar-refractivity contribution in [2.75, 3.05) is 5.32 Å². The molecule has 84 valence electrons. The van der Waals surface area contributed by atoms with Gasteiger partial charge in [0.15, 0.2) is 11.0 Å². The van der Waals surface area contributed by atoms with E-state index in [4.69, 9.17) is 16.9 Å². The second kappa shape index (κ2) is 5.28. The van der Waals surface area contributed by atoms with Crippen molar-refractivity contribution >= 4 is 17.4 Å². The van der Waals surface area contributed by atoms with Crippen molar-refractivity contribution < 1.29 is 0 Å². The minimum absolute atomic E-state index is 0.337. The number of nitriles is 1. The highest BCUT2D eigenvalue weighted by atomic mass is 35.5. The Hall–Kier alpha value is -2.12. The maximum atomic E-state index is 8.78. The first kappa shape index (κ1) is 11.4. The van der Waals surface area contributed by atoms with Crippen molar-refractivity contribution in [3.8, 4) is 6.07 Å². The zero-order valence-corrected chi connectivity index (χ0v) is 9.65. The molecule has 1 aromatic heterocycles. The van der Waals surface area contributed by atoms with Crippen LogP contribution in [0, 0.1) is 11.3 Å². The van der Waals surface area contributed by atoms with Crippen LogP contribution < -0.4 is 5.32 Å². The van der Waals surface area contributed by atoms with Gasteiger partial charge in [0, 0.05) is 18.9 Å². The number of benzene rings is 1. The lowest BCUT2D eigenvalue weighted by Crippen LogP contribution is -2.02. The van der Waals surface area contributed by atoms with E-state index in [-0.39, 0.29) is 0 Å². The van der Waals surface area contributed by atoms with Gasteiger partial charge in [0.1, 0.15) is 0 Å². The Bertz CT molecular complexity index is 562. The Kier molecular flexibility index (Phi) is 3.53. The molecule has 0 bridgehead atoms. The van der Waals surface area contributed by atoms with Crippen LogP contribution in [0.1, 0.15) is 11.1 Å². The van der Waals surface area contributed by atoms with Crippen molar-refractivity contribution in [2.24, 2.45) is 0 Å².